The van der Waals surface area contributed by atoms with Gasteiger partial charge >= 0.3 is 12.1 Å². The van der Waals surface area contributed by atoms with Crippen LogP contribution in [0.4, 0.5) is 23.2 Å². The molecule has 5 nitrogen and oxygen atoms in total. The van der Waals surface area contributed by atoms with Gasteiger partial charge in [0.05, 0.1) is 12.2 Å². The van der Waals surface area contributed by atoms with Crippen LogP contribution < -0.4 is 5.32 Å². The Kier molecular flexibility index (Phi) is 6.80. The molecule has 35 heavy (non-hydrogen) atoms. The summed E-state index contributed by atoms with van der Waals surface area (Å²) in [5, 5.41) is 3.21. The minimum Gasteiger partial charge on any atom is -0.462 e. The first kappa shape index (κ1) is 24.7. The number of carbonyl (C=O) groups excluding carboxylic acids is 2. The number of hydrogen-bond donors (Lipinski definition) is 1. The van der Waals surface area contributed by atoms with Crippen LogP contribution in [0, 0.1) is 11.7 Å². The lowest BCUT2D eigenvalue weighted by Crippen LogP contribution is -2.16. The summed E-state index contributed by atoms with van der Waals surface area (Å²) in [7, 11) is 0. The number of nitrogens with one attached hydrogen (secondary N) is 1. The second-order valence-electron chi connectivity index (χ2n) is 8.02. The molecule has 1 fully saturated rings. The van der Waals surface area contributed by atoms with Crippen molar-refractivity contribution in [2.75, 3.05) is 11.9 Å². The van der Waals surface area contributed by atoms with Crippen molar-refractivity contribution in [3.05, 3.63) is 82.4 Å². The molecule has 2 aromatic carbocycles. The maximum Gasteiger partial charge on any atom is 0.433 e. The van der Waals surface area contributed by atoms with Gasteiger partial charge in [-0.3, -0.25) is 9.78 Å². The first-order chi connectivity index (χ1) is 16.6. The number of ether oxygens (including phenoxy) is 1. The Morgan fingerprint density at radius 3 is 2.46 bits per heavy atom. The van der Waals surface area contributed by atoms with Gasteiger partial charge < -0.3 is 10.1 Å². The lowest BCUT2D eigenvalue weighted by molar-refractivity contribution is -0.141. The number of rotatable bonds is 6. The highest BCUT2D eigenvalue weighted by atomic mass is 35.5. The van der Waals surface area contributed by atoms with Gasteiger partial charge in [0.2, 0.25) is 5.91 Å². The van der Waals surface area contributed by atoms with E-state index in [1.165, 1.54) is 6.07 Å². The van der Waals surface area contributed by atoms with Crippen LogP contribution in [-0.2, 0) is 15.7 Å². The van der Waals surface area contributed by atoms with Gasteiger partial charge in [-0.2, -0.15) is 13.2 Å². The molecule has 0 aliphatic heterocycles. The minimum atomic E-state index is -4.66. The zero-order valence-corrected chi connectivity index (χ0v) is 19.1. The first-order valence-corrected chi connectivity index (χ1v) is 11.1. The van der Waals surface area contributed by atoms with Crippen LogP contribution in [0.25, 0.3) is 11.1 Å². The number of benzene rings is 2. The lowest BCUT2D eigenvalue weighted by Gasteiger charge is -2.14. The highest BCUT2D eigenvalue weighted by Gasteiger charge is 2.44. The van der Waals surface area contributed by atoms with Gasteiger partial charge in [-0.05, 0) is 55.2 Å². The normalized spacial score (nSPS) is 17.1. The zero-order valence-electron chi connectivity index (χ0n) is 18.3. The smallest absolute Gasteiger partial charge is 0.433 e. The Bertz CT molecular complexity index is 1260. The first-order valence-electron chi connectivity index (χ1n) is 10.7. The molecule has 1 heterocycles. The van der Waals surface area contributed by atoms with Crippen molar-refractivity contribution >= 4 is 29.2 Å². The Balaban J connectivity index is 1.60. The van der Waals surface area contributed by atoms with Crippen molar-refractivity contribution in [2.45, 2.75) is 25.4 Å². The Hall–Kier alpha value is -3.46. The largest absolute Gasteiger partial charge is 0.462 e. The fraction of sp³-hybridized carbons (Fsp3) is 0.240. The third-order valence-electron chi connectivity index (χ3n) is 5.62. The molecule has 0 bridgehead atoms. The summed E-state index contributed by atoms with van der Waals surface area (Å²) in [6.07, 6.45) is -3.22. The van der Waals surface area contributed by atoms with E-state index in [2.05, 4.69) is 10.3 Å². The van der Waals surface area contributed by atoms with E-state index in [-0.39, 0.29) is 46.7 Å². The lowest BCUT2D eigenvalue weighted by atomic mass is 9.99. The molecule has 2 atom stereocenters. The predicted octanol–water partition coefficient (Wildman–Crippen LogP) is 6.48. The number of hydrogen-bond acceptors (Lipinski definition) is 4. The van der Waals surface area contributed by atoms with E-state index in [1.54, 1.807) is 19.1 Å². The molecule has 2 unspecified atom stereocenters. The van der Waals surface area contributed by atoms with E-state index in [1.807, 2.05) is 12.1 Å². The molecule has 4 rings (SSSR count). The van der Waals surface area contributed by atoms with Crippen molar-refractivity contribution in [3.63, 3.8) is 0 Å². The van der Waals surface area contributed by atoms with E-state index < -0.39 is 23.7 Å². The van der Waals surface area contributed by atoms with Crippen LogP contribution in [0.2, 0.25) is 5.02 Å². The van der Waals surface area contributed by atoms with Crippen molar-refractivity contribution in [3.8, 4) is 11.1 Å². The van der Waals surface area contributed by atoms with E-state index in [0.717, 1.165) is 23.9 Å². The van der Waals surface area contributed by atoms with Crippen molar-refractivity contribution in [2.24, 2.45) is 5.92 Å². The SMILES string of the molecule is CCOC(=O)c1cc(NC(=O)C2CC2c2ccc(Cl)cc2)cc(F)c1-c1ccc(C(F)(F)F)nc1. The van der Waals surface area contributed by atoms with Crippen molar-refractivity contribution < 1.29 is 31.9 Å². The number of pyridine rings is 1. The predicted molar refractivity (Wildman–Crippen MR) is 122 cm³/mol. The van der Waals surface area contributed by atoms with Crippen LogP contribution in [0.3, 0.4) is 0 Å². The molecule has 10 heteroatoms. The Morgan fingerprint density at radius 2 is 1.86 bits per heavy atom. The maximum absolute atomic E-state index is 15.2. The standard InChI is InChI=1S/C25H19ClF4N2O3/c1-2-35-24(34)19-9-16(32-23(33)18-11-17(18)13-3-6-15(26)7-4-13)10-20(27)22(19)14-5-8-21(31-12-14)25(28,29)30/h3-10,12,17-18H,2,11H2,1H3,(H,32,33). The second-order valence-corrected chi connectivity index (χ2v) is 8.46. The minimum absolute atomic E-state index is 0.000800. The highest BCUT2D eigenvalue weighted by Crippen LogP contribution is 2.48. The zero-order chi connectivity index (χ0) is 25.3. The Morgan fingerprint density at radius 1 is 1.14 bits per heavy atom. The maximum atomic E-state index is 15.2. The second kappa shape index (κ2) is 9.65. The van der Waals surface area contributed by atoms with Gasteiger partial charge in [-0.25, -0.2) is 9.18 Å². The van der Waals surface area contributed by atoms with Crippen LogP contribution >= 0.6 is 11.6 Å². The third kappa shape index (κ3) is 5.45. The summed E-state index contributed by atoms with van der Waals surface area (Å²) < 4.78 is 58.7. The number of halogens is 5. The fourth-order valence-corrected chi connectivity index (χ4v) is 3.98. The summed E-state index contributed by atoms with van der Waals surface area (Å²) in [5.74, 6) is -2.48. The molecule has 0 radical (unpaired) electrons. The summed E-state index contributed by atoms with van der Waals surface area (Å²) in [6.45, 7) is 1.55. The number of anilines is 1. The average molecular weight is 507 g/mol. The monoisotopic (exact) mass is 506 g/mol. The van der Waals surface area contributed by atoms with Gasteiger partial charge in [0, 0.05) is 34.0 Å². The molecule has 1 amide bonds. The molecule has 0 saturated heterocycles. The van der Waals surface area contributed by atoms with Gasteiger partial charge in [0.15, 0.2) is 0 Å². The average Bonchev–Trinajstić information content (AvgIpc) is 3.60. The molecular weight excluding hydrogens is 488 g/mol. The van der Waals surface area contributed by atoms with Crippen molar-refractivity contribution in [1.82, 2.24) is 4.98 Å². The quantitative estimate of drug-likeness (QED) is 0.307. The summed E-state index contributed by atoms with van der Waals surface area (Å²) in [6, 6.07) is 11.1. The van der Waals surface area contributed by atoms with Gasteiger partial charge in [0.1, 0.15) is 11.5 Å². The molecule has 1 aromatic heterocycles. The Labute approximate surface area is 203 Å². The molecule has 1 N–H and O–H groups in total. The van der Waals surface area contributed by atoms with Crippen LogP contribution in [0.1, 0.15) is 40.9 Å². The number of amides is 1. The molecule has 1 aliphatic rings. The molecule has 1 saturated carbocycles. The molecule has 3 aromatic rings. The van der Waals surface area contributed by atoms with Crippen LogP contribution in [0.15, 0.2) is 54.7 Å². The van der Waals surface area contributed by atoms with E-state index in [9.17, 15) is 22.8 Å². The van der Waals surface area contributed by atoms with Crippen LogP contribution in [0.5, 0.6) is 0 Å². The van der Waals surface area contributed by atoms with Crippen molar-refractivity contribution in [1.29, 1.82) is 0 Å². The molecule has 0 spiro atoms. The number of alkyl halides is 3. The van der Waals surface area contributed by atoms with E-state index in [4.69, 9.17) is 16.3 Å². The van der Waals surface area contributed by atoms with E-state index >= 15 is 4.39 Å². The highest BCUT2D eigenvalue weighted by molar-refractivity contribution is 6.30. The van der Waals surface area contributed by atoms with E-state index in [0.29, 0.717) is 17.5 Å². The van der Waals surface area contributed by atoms with Crippen LogP contribution in [-0.4, -0.2) is 23.5 Å². The molecule has 1 aliphatic carbocycles. The van der Waals surface area contributed by atoms with Gasteiger partial charge in [-0.15, -0.1) is 0 Å². The fourth-order valence-electron chi connectivity index (χ4n) is 3.85. The van der Waals surface area contributed by atoms with Gasteiger partial charge in [-0.1, -0.05) is 29.8 Å². The number of esters is 1. The number of carbonyl (C=O) groups is 2. The topological polar surface area (TPSA) is 68.3 Å². The summed E-state index contributed by atoms with van der Waals surface area (Å²) >= 11 is 5.90. The van der Waals surface area contributed by atoms with Gasteiger partial charge in [0.25, 0.3) is 0 Å². The summed E-state index contributed by atoms with van der Waals surface area (Å²) in [5.41, 5.74) is -0.717. The third-order valence-corrected chi connectivity index (χ3v) is 5.87. The summed E-state index contributed by atoms with van der Waals surface area (Å²) in [4.78, 5) is 28.6. The molecular formula is C25H19ClF4N2O3. The number of aromatic nitrogens is 1. The number of nitrogens with zero attached hydrogens (tertiary/aromatic N) is 1. The molecule has 182 valence electrons.